The summed E-state index contributed by atoms with van der Waals surface area (Å²) >= 11 is 0. The molecule has 178 valence electrons. The molecule has 1 heterocycles. The molecule has 7 heteroatoms. The van der Waals surface area contributed by atoms with Gasteiger partial charge in [-0.1, -0.05) is 23.3 Å². The van der Waals surface area contributed by atoms with Crippen molar-refractivity contribution < 1.29 is 23.0 Å². The van der Waals surface area contributed by atoms with Crippen LogP contribution in [-0.4, -0.2) is 60.7 Å². The maximum atomic E-state index is 12.5. The molecule has 1 saturated carbocycles. The third kappa shape index (κ3) is 6.34. The topological polar surface area (TPSA) is 58.7 Å². The van der Waals surface area contributed by atoms with E-state index in [1.165, 1.54) is 11.1 Å². The van der Waals surface area contributed by atoms with Crippen LogP contribution in [-0.2, 0) is 4.74 Å². The number of rotatable bonds is 11. The van der Waals surface area contributed by atoms with Crippen LogP contribution >= 0.6 is 0 Å². The van der Waals surface area contributed by atoms with Crippen LogP contribution in [0, 0.1) is 11.8 Å². The fourth-order valence-corrected chi connectivity index (χ4v) is 5.79. The van der Waals surface area contributed by atoms with Crippen molar-refractivity contribution in [1.29, 1.82) is 0 Å². The number of ether oxygens (including phenoxy) is 1. The second kappa shape index (κ2) is 10.4. The third-order valence-electron chi connectivity index (χ3n) is 7.76. The van der Waals surface area contributed by atoms with Crippen LogP contribution in [0.4, 0.5) is 13.2 Å². The molecule has 1 aliphatic heterocycles. The smallest absolute Gasteiger partial charge is 0.388 e. The standard InChI is InChI=1S/C24H39F3N2O2/c1-17-4-7-21(31-2)14-19(17)6-5-18(15-28)8-11-23(30)12-9-20-16-29(22(20)23)13-3-10-24(25,26)27/h4,7,18,20-22,30H,3,5-6,8-16,28H2,1-2H3. The number of methoxy groups -OCH3 is 1. The zero-order chi connectivity index (χ0) is 22.6. The molecule has 5 unspecified atom stereocenters. The summed E-state index contributed by atoms with van der Waals surface area (Å²) < 4.78 is 42.9. The molecule has 0 aromatic rings. The molecular formula is C24H39F3N2O2. The number of fused-ring (bicyclic) bond motifs is 1. The highest BCUT2D eigenvalue weighted by Gasteiger charge is 2.55. The molecule has 5 atom stereocenters. The lowest BCUT2D eigenvalue weighted by Gasteiger charge is -2.50. The lowest BCUT2D eigenvalue weighted by Crippen LogP contribution is -2.62. The van der Waals surface area contributed by atoms with Crippen molar-refractivity contribution in [3.8, 4) is 0 Å². The molecule has 0 spiro atoms. The predicted octanol–water partition coefficient (Wildman–Crippen LogP) is 4.58. The van der Waals surface area contributed by atoms with Crippen molar-refractivity contribution in [2.75, 3.05) is 26.7 Å². The zero-order valence-corrected chi connectivity index (χ0v) is 19.0. The summed E-state index contributed by atoms with van der Waals surface area (Å²) in [5, 5.41) is 11.3. The fraction of sp³-hybridized carbons (Fsp3) is 0.833. The van der Waals surface area contributed by atoms with Gasteiger partial charge in [-0.15, -0.1) is 0 Å². The molecule has 3 aliphatic rings. The second-order valence-corrected chi connectivity index (χ2v) is 9.86. The minimum absolute atomic E-state index is 0.0232. The second-order valence-electron chi connectivity index (χ2n) is 9.86. The van der Waals surface area contributed by atoms with Crippen molar-refractivity contribution in [3.63, 3.8) is 0 Å². The average molecular weight is 445 g/mol. The lowest BCUT2D eigenvalue weighted by atomic mass is 9.79. The summed E-state index contributed by atoms with van der Waals surface area (Å²) in [5.74, 6) is 0.772. The predicted molar refractivity (Wildman–Crippen MR) is 117 cm³/mol. The molecular weight excluding hydrogens is 405 g/mol. The highest BCUT2D eigenvalue weighted by atomic mass is 19.4. The van der Waals surface area contributed by atoms with Gasteiger partial charge >= 0.3 is 6.18 Å². The largest absolute Gasteiger partial charge is 0.389 e. The van der Waals surface area contributed by atoms with Crippen molar-refractivity contribution in [2.45, 2.75) is 88.6 Å². The summed E-state index contributed by atoms with van der Waals surface area (Å²) in [6.07, 6.45) is 5.83. The summed E-state index contributed by atoms with van der Waals surface area (Å²) in [5.41, 5.74) is 8.01. The lowest BCUT2D eigenvalue weighted by molar-refractivity contribution is -0.140. The van der Waals surface area contributed by atoms with Gasteiger partial charge in [0, 0.05) is 26.1 Å². The Morgan fingerprint density at radius 1 is 1.35 bits per heavy atom. The molecule has 2 fully saturated rings. The molecule has 0 aromatic carbocycles. The summed E-state index contributed by atoms with van der Waals surface area (Å²) in [4.78, 5) is 2.08. The number of allylic oxidation sites excluding steroid dienone is 2. The molecule has 0 amide bonds. The van der Waals surface area contributed by atoms with Gasteiger partial charge in [0.15, 0.2) is 0 Å². The van der Waals surface area contributed by atoms with Gasteiger partial charge < -0.3 is 15.6 Å². The van der Waals surface area contributed by atoms with E-state index in [2.05, 4.69) is 24.0 Å². The minimum Gasteiger partial charge on any atom is -0.388 e. The first-order valence-electron chi connectivity index (χ1n) is 11.8. The molecule has 0 radical (unpaired) electrons. The van der Waals surface area contributed by atoms with Gasteiger partial charge in [0.25, 0.3) is 0 Å². The molecule has 31 heavy (non-hydrogen) atoms. The van der Waals surface area contributed by atoms with E-state index in [1.54, 1.807) is 7.11 Å². The SMILES string of the molecule is COC1C=CC(C)=C(CCC(CN)CCC2(O)CCC3CN(CCCC(F)(F)F)C32)C1. The van der Waals surface area contributed by atoms with Crippen LogP contribution in [0.2, 0.25) is 0 Å². The van der Waals surface area contributed by atoms with E-state index in [0.29, 0.717) is 31.3 Å². The Hall–Kier alpha value is -0.890. The maximum absolute atomic E-state index is 12.5. The number of alkyl halides is 3. The van der Waals surface area contributed by atoms with Crippen LogP contribution in [0.3, 0.4) is 0 Å². The van der Waals surface area contributed by atoms with Gasteiger partial charge in [-0.05, 0) is 83.2 Å². The molecule has 1 saturated heterocycles. The Balaban J connectivity index is 1.47. The van der Waals surface area contributed by atoms with Gasteiger partial charge in [-0.25, -0.2) is 0 Å². The summed E-state index contributed by atoms with van der Waals surface area (Å²) in [7, 11) is 1.73. The van der Waals surface area contributed by atoms with Gasteiger partial charge in [-0.3, -0.25) is 4.90 Å². The number of nitrogens with two attached hydrogens (primary N) is 1. The Bertz CT molecular complexity index is 664. The van der Waals surface area contributed by atoms with Crippen molar-refractivity contribution >= 4 is 0 Å². The van der Waals surface area contributed by atoms with Crippen molar-refractivity contribution in [1.82, 2.24) is 4.90 Å². The molecule has 0 aromatic heterocycles. The van der Waals surface area contributed by atoms with Gasteiger partial charge in [0.05, 0.1) is 11.7 Å². The normalized spacial score (nSPS) is 32.3. The first-order chi connectivity index (χ1) is 14.6. The van der Waals surface area contributed by atoms with Crippen LogP contribution in [0.25, 0.3) is 0 Å². The first-order valence-corrected chi connectivity index (χ1v) is 11.8. The molecule has 0 bridgehead atoms. The quantitative estimate of drug-likeness (QED) is 0.490. The Kier molecular flexibility index (Phi) is 8.27. The van der Waals surface area contributed by atoms with E-state index in [4.69, 9.17) is 10.5 Å². The number of halogens is 3. The highest BCUT2D eigenvalue weighted by Crippen LogP contribution is 2.48. The van der Waals surface area contributed by atoms with E-state index < -0.39 is 18.2 Å². The van der Waals surface area contributed by atoms with Crippen molar-refractivity contribution in [2.24, 2.45) is 17.6 Å². The Morgan fingerprint density at radius 2 is 2.13 bits per heavy atom. The minimum atomic E-state index is -4.10. The van der Waals surface area contributed by atoms with Gasteiger partial charge in [-0.2, -0.15) is 13.2 Å². The number of nitrogens with zero attached hydrogens (tertiary/aromatic N) is 1. The van der Waals surface area contributed by atoms with Crippen LogP contribution in [0.1, 0.15) is 64.7 Å². The zero-order valence-electron chi connectivity index (χ0n) is 19.0. The first kappa shape index (κ1) is 24.7. The van der Waals surface area contributed by atoms with Gasteiger partial charge in [0.2, 0.25) is 0 Å². The fourth-order valence-electron chi connectivity index (χ4n) is 5.79. The number of hydrogen-bond acceptors (Lipinski definition) is 4. The van der Waals surface area contributed by atoms with Crippen LogP contribution in [0.5, 0.6) is 0 Å². The molecule has 3 N–H and O–H groups in total. The summed E-state index contributed by atoms with van der Waals surface area (Å²) in [6.45, 7) is 3.98. The van der Waals surface area contributed by atoms with Crippen LogP contribution in [0.15, 0.2) is 23.3 Å². The number of aliphatic hydroxyl groups is 1. The highest BCUT2D eigenvalue weighted by molar-refractivity contribution is 5.29. The summed E-state index contributed by atoms with van der Waals surface area (Å²) in [6, 6.07) is 0.0232. The monoisotopic (exact) mass is 444 g/mol. The van der Waals surface area contributed by atoms with E-state index in [9.17, 15) is 18.3 Å². The average Bonchev–Trinajstić information content (AvgIpc) is 2.95. The molecule has 4 nitrogen and oxygen atoms in total. The van der Waals surface area contributed by atoms with Crippen molar-refractivity contribution in [3.05, 3.63) is 23.3 Å². The third-order valence-corrected chi connectivity index (χ3v) is 7.76. The van der Waals surface area contributed by atoms with Gasteiger partial charge in [0.1, 0.15) is 0 Å². The maximum Gasteiger partial charge on any atom is 0.389 e. The van der Waals surface area contributed by atoms with Crippen LogP contribution < -0.4 is 5.73 Å². The number of hydrogen-bond donors (Lipinski definition) is 2. The van der Waals surface area contributed by atoms with E-state index >= 15 is 0 Å². The van der Waals surface area contributed by atoms with E-state index in [0.717, 1.165) is 45.1 Å². The number of likely N-dealkylation sites (tertiary alicyclic amines) is 1. The van der Waals surface area contributed by atoms with E-state index in [-0.39, 0.29) is 18.6 Å². The Labute approximate surface area is 184 Å². The Morgan fingerprint density at radius 3 is 2.81 bits per heavy atom. The molecule has 3 rings (SSSR count). The van der Waals surface area contributed by atoms with E-state index in [1.807, 2.05) is 0 Å². The molecule has 2 aliphatic carbocycles.